The van der Waals surface area contributed by atoms with Crippen molar-refractivity contribution in [1.29, 1.82) is 0 Å². The van der Waals surface area contributed by atoms with E-state index in [1.807, 2.05) is 72.8 Å². The Morgan fingerprint density at radius 2 is 1.75 bits per heavy atom. The number of methoxy groups -OCH3 is 1. The van der Waals surface area contributed by atoms with Crippen molar-refractivity contribution >= 4 is 34.7 Å². The van der Waals surface area contributed by atoms with Crippen LogP contribution in [0.25, 0.3) is 11.1 Å². The van der Waals surface area contributed by atoms with E-state index in [0.717, 1.165) is 26.0 Å². The van der Waals surface area contributed by atoms with Gasteiger partial charge >= 0.3 is 0 Å². The minimum atomic E-state index is -0.327. The zero-order valence-electron chi connectivity index (χ0n) is 15.3. The van der Waals surface area contributed by atoms with Crippen molar-refractivity contribution in [2.45, 2.75) is 0 Å². The Kier molecular flexibility index (Phi) is 7.02. The highest BCUT2D eigenvalue weighted by Gasteiger charge is 2.03. The quantitative estimate of drug-likeness (QED) is 0.304. The molecule has 0 aliphatic rings. The normalized spacial score (nSPS) is 10.6. The van der Waals surface area contributed by atoms with E-state index in [1.54, 1.807) is 13.3 Å². The molecular formula is C22H19IN2O3. The Labute approximate surface area is 177 Å². The smallest absolute Gasteiger partial charge is 0.277 e. The minimum absolute atomic E-state index is 0.109. The summed E-state index contributed by atoms with van der Waals surface area (Å²) in [6, 6.07) is 23.3. The van der Waals surface area contributed by atoms with E-state index in [4.69, 9.17) is 9.47 Å². The molecule has 1 N–H and O–H groups in total. The van der Waals surface area contributed by atoms with E-state index < -0.39 is 0 Å². The van der Waals surface area contributed by atoms with Crippen LogP contribution in [0.5, 0.6) is 11.5 Å². The van der Waals surface area contributed by atoms with Crippen molar-refractivity contribution < 1.29 is 14.3 Å². The molecule has 0 fully saturated rings. The fourth-order valence-corrected chi connectivity index (χ4v) is 3.26. The zero-order valence-corrected chi connectivity index (χ0v) is 17.4. The molecule has 0 saturated heterocycles. The molecule has 0 atom stereocenters. The summed E-state index contributed by atoms with van der Waals surface area (Å²) < 4.78 is 11.7. The van der Waals surface area contributed by atoms with Gasteiger partial charge in [-0.25, -0.2) is 5.43 Å². The molecule has 1 amide bonds. The molecule has 0 unspecified atom stereocenters. The van der Waals surface area contributed by atoms with Crippen molar-refractivity contribution in [3.8, 4) is 22.6 Å². The molecule has 0 bridgehead atoms. The third kappa shape index (κ3) is 5.56. The SMILES string of the molecule is COc1ccc(/C=N/NC(=O)COc2ccc(-c3ccccc3)cc2)cc1I. The number of hydrogen-bond donors (Lipinski definition) is 1. The number of benzene rings is 3. The van der Waals surface area contributed by atoms with Crippen LogP contribution in [-0.4, -0.2) is 25.8 Å². The van der Waals surface area contributed by atoms with Gasteiger partial charge in [0, 0.05) is 0 Å². The number of carbonyl (C=O) groups is 1. The van der Waals surface area contributed by atoms with Gasteiger partial charge in [0.25, 0.3) is 5.91 Å². The number of rotatable bonds is 7. The molecular weight excluding hydrogens is 467 g/mol. The van der Waals surface area contributed by atoms with E-state index >= 15 is 0 Å². The maximum atomic E-state index is 11.9. The lowest BCUT2D eigenvalue weighted by Gasteiger charge is -2.07. The minimum Gasteiger partial charge on any atom is -0.496 e. The van der Waals surface area contributed by atoms with Crippen molar-refractivity contribution in [3.05, 3.63) is 81.9 Å². The topological polar surface area (TPSA) is 59.9 Å². The first-order chi connectivity index (χ1) is 13.7. The van der Waals surface area contributed by atoms with Crippen LogP contribution in [0.3, 0.4) is 0 Å². The second kappa shape index (κ2) is 9.89. The second-order valence-corrected chi connectivity index (χ2v) is 7.03. The predicted octanol–water partition coefficient (Wildman–Crippen LogP) is 4.50. The number of hydrazone groups is 1. The fourth-order valence-electron chi connectivity index (χ4n) is 2.50. The van der Waals surface area contributed by atoms with Crippen LogP contribution in [0.1, 0.15) is 5.56 Å². The summed E-state index contributed by atoms with van der Waals surface area (Å²) in [4.78, 5) is 11.9. The molecule has 0 saturated carbocycles. The van der Waals surface area contributed by atoms with Crippen molar-refractivity contribution in [2.24, 2.45) is 5.10 Å². The van der Waals surface area contributed by atoms with Gasteiger partial charge in [0.15, 0.2) is 6.61 Å². The molecule has 3 aromatic rings. The van der Waals surface area contributed by atoms with Gasteiger partial charge in [-0.05, 0) is 69.6 Å². The summed E-state index contributed by atoms with van der Waals surface area (Å²) in [5, 5.41) is 3.96. The standard InChI is InChI=1S/C22H19IN2O3/c1-27-21-12-7-16(13-20(21)23)14-24-25-22(26)15-28-19-10-8-18(9-11-19)17-5-3-2-4-6-17/h2-14H,15H2,1H3,(H,25,26)/b24-14+. The number of halogens is 1. The van der Waals surface area contributed by atoms with Gasteiger partial charge in [-0.3, -0.25) is 4.79 Å². The van der Waals surface area contributed by atoms with Gasteiger partial charge in [0.05, 0.1) is 16.9 Å². The Bertz CT molecular complexity index is 957. The lowest BCUT2D eigenvalue weighted by Crippen LogP contribution is -2.24. The number of ether oxygens (including phenoxy) is 2. The van der Waals surface area contributed by atoms with Gasteiger partial charge in [-0.15, -0.1) is 0 Å². The lowest BCUT2D eigenvalue weighted by atomic mass is 10.1. The maximum absolute atomic E-state index is 11.9. The maximum Gasteiger partial charge on any atom is 0.277 e. The highest BCUT2D eigenvalue weighted by Crippen LogP contribution is 2.22. The highest BCUT2D eigenvalue weighted by molar-refractivity contribution is 14.1. The zero-order chi connectivity index (χ0) is 19.8. The average Bonchev–Trinajstić information content (AvgIpc) is 2.73. The van der Waals surface area contributed by atoms with Crippen LogP contribution in [0.4, 0.5) is 0 Å². The molecule has 3 aromatic carbocycles. The van der Waals surface area contributed by atoms with Crippen LogP contribution >= 0.6 is 22.6 Å². The summed E-state index contributed by atoms with van der Waals surface area (Å²) in [6.45, 7) is -0.109. The molecule has 0 aromatic heterocycles. The molecule has 142 valence electrons. The van der Waals surface area contributed by atoms with E-state index in [0.29, 0.717) is 5.75 Å². The van der Waals surface area contributed by atoms with Crippen LogP contribution in [-0.2, 0) is 4.79 Å². The van der Waals surface area contributed by atoms with Gasteiger partial charge in [0.1, 0.15) is 11.5 Å². The molecule has 3 rings (SSSR count). The molecule has 0 heterocycles. The van der Waals surface area contributed by atoms with Gasteiger partial charge in [-0.1, -0.05) is 42.5 Å². The Morgan fingerprint density at radius 3 is 2.43 bits per heavy atom. The van der Waals surface area contributed by atoms with E-state index in [-0.39, 0.29) is 12.5 Å². The first-order valence-corrected chi connectivity index (χ1v) is 9.67. The second-order valence-electron chi connectivity index (χ2n) is 5.87. The third-order valence-corrected chi connectivity index (χ3v) is 4.75. The van der Waals surface area contributed by atoms with Crippen molar-refractivity contribution in [2.75, 3.05) is 13.7 Å². The van der Waals surface area contributed by atoms with E-state index in [9.17, 15) is 4.79 Å². The summed E-state index contributed by atoms with van der Waals surface area (Å²) >= 11 is 2.18. The Balaban J connectivity index is 1.48. The summed E-state index contributed by atoms with van der Waals surface area (Å²) in [5.74, 6) is 1.10. The average molecular weight is 486 g/mol. The summed E-state index contributed by atoms with van der Waals surface area (Å²) in [5.41, 5.74) is 5.55. The Morgan fingerprint density at radius 1 is 1.04 bits per heavy atom. The molecule has 6 heteroatoms. The summed E-state index contributed by atoms with van der Waals surface area (Å²) in [6.07, 6.45) is 1.58. The molecule has 0 spiro atoms. The number of amides is 1. The van der Waals surface area contributed by atoms with Gasteiger partial charge in [0.2, 0.25) is 0 Å². The van der Waals surface area contributed by atoms with E-state index in [1.165, 1.54) is 0 Å². The number of nitrogens with zero attached hydrogens (tertiary/aromatic N) is 1. The van der Waals surface area contributed by atoms with Crippen LogP contribution in [0.2, 0.25) is 0 Å². The highest BCUT2D eigenvalue weighted by atomic mass is 127. The third-order valence-electron chi connectivity index (χ3n) is 3.91. The van der Waals surface area contributed by atoms with Crippen LogP contribution in [0, 0.1) is 3.57 Å². The molecule has 5 nitrogen and oxygen atoms in total. The van der Waals surface area contributed by atoms with Crippen LogP contribution in [0.15, 0.2) is 77.9 Å². The van der Waals surface area contributed by atoms with Crippen molar-refractivity contribution in [1.82, 2.24) is 5.43 Å². The number of hydrogen-bond acceptors (Lipinski definition) is 4. The van der Waals surface area contributed by atoms with Crippen molar-refractivity contribution in [3.63, 3.8) is 0 Å². The first-order valence-electron chi connectivity index (χ1n) is 8.59. The van der Waals surface area contributed by atoms with Gasteiger partial charge in [-0.2, -0.15) is 5.10 Å². The molecule has 0 aliphatic heterocycles. The Hall–Kier alpha value is -2.87. The molecule has 28 heavy (non-hydrogen) atoms. The van der Waals surface area contributed by atoms with E-state index in [2.05, 4.69) is 33.1 Å². The monoisotopic (exact) mass is 486 g/mol. The lowest BCUT2D eigenvalue weighted by molar-refractivity contribution is -0.123. The largest absolute Gasteiger partial charge is 0.496 e. The predicted molar refractivity (Wildman–Crippen MR) is 119 cm³/mol. The number of carbonyl (C=O) groups excluding carboxylic acids is 1. The number of nitrogens with one attached hydrogen (secondary N) is 1. The summed E-state index contributed by atoms with van der Waals surface area (Å²) in [7, 11) is 1.63. The van der Waals surface area contributed by atoms with Crippen LogP contribution < -0.4 is 14.9 Å². The first kappa shape index (κ1) is 19.9. The fraction of sp³-hybridized carbons (Fsp3) is 0.0909. The van der Waals surface area contributed by atoms with Gasteiger partial charge < -0.3 is 9.47 Å². The molecule has 0 aliphatic carbocycles. The molecule has 0 radical (unpaired) electrons.